The molecule has 0 radical (unpaired) electrons. The fourth-order valence-corrected chi connectivity index (χ4v) is 2.59. The number of ether oxygens (including phenoxy) is 1. The van der Waals surface area contributed by atoms with Gasteiger partial charge in [-0.15, -0.1) is 0 Å². The predicted octanol–water partition coefficient (Wildman–Crippen LogP) is 0.747. The number of nitrogens with one attached hydrogen (secondary N) is 1. The molecule has 2 heterocycles. The van der Waals surface area contributed by atoms with Crippen molar-refractivity contribution < 1.29 is 9.53 Å². The molecule has 90 valence electrons. The highest BCUT2D eigenvalue weighted by Crippen LogP contribution is 2.26. The summed E-state index contributed by atoms with van der Waals surface area (Å²) in [6.45, 7) is 9.49. The van der Waals surface area contributed by atoms with Crippen LogP contribution in [0.1, 0.15) is 20.8 Å². The minimum Gasteiger partial charge on any atom is -0.460 e. The number of nitrogens with zero attached hydrogens (tertiary/aromatic N) is 1. The summed E-state index contributed by atoms with van der Waals surface area (Å²) in [6.07, 6.45) is 0. The lowest BCUT2D eigenvalue weighted by Crippen LogP contribution is -2.52. The average Bonchev–Trinajstić information content (AvgIpc) is 2.38. The first kappa shape index (κ1) is 11.5. The molecule has 0 aromatic carbocycles. The smallest absolute Gasteiger partial charge is 0.335 e. The maximum atomic E-state index is 11.7. The molecule has 1 atom stereocenters. The van der Waals surface area contributed by atoms with Crippen LogP contribution in [0.3, 0.4) is 0 Å². The Morgan fingerprint density at radius 1 is 1.50 bits per heavy atom. The summed E-state index contributed by atoms with van der Waals surface area (Å²) in [5.41, 5.74) is 1.94. The van der Waals surface area contributed by atoms with E-state index in [-0.39, 0.29) is 5.97 Å². The number of cyclic esters (lactones) is 1. The Morgan fingerprint density at radius 3 is 2.94 bits per heavy atom. The van der Waals surface area contributed by atoms with Crippen LogP contribution < -0.4 is 5.32 Å². The maximum absolute atomic E-state index is 11.7. The van der Waals surface area contributed by atoms with Gasteiger partial charge in [0.2, 0.25) is 0 Å². The highest BCUT2D eigenvalue weighted by Gasteiger charge is 2.32. The topological polar surface area (TPSA) is 41.6 Å². The second kappa shape index (κ2) is 4.45. The Balaban J connectivity index is 2.36. The summed E-state index contributed by atoms with van der Waals surface area (Å²) in [5.74, 6) is 0.212. The lowest BCUT2D eigenvalue weighted by atomic mass is 10.0. The van der Waals surface area contributed by atoms with Gasteiger partial charge >= 0.3 is 5.97 Å². The van der Waals surface area contributed by atoms with Gasteiger partial charge in [0.1, 0.15) is 6.61 Å². The van der Waals surface area contributed by atoms with Gasteiger partial charge in [-0.1, -0.05) is 13.8 Å². The van der Waals surface area contributed by atoms with Gasteiger partial charge in [-0.25, -0.2) is 4.79 Å². The zero-order chi connectivity index (χ0) is 11.7. The first-order valence-electron chi connectivity index (χ1n) is 5.96. The van der Waals surface area contributed by atoms with Gasteiger partial charge in [0.25, 0.3) is 0 Å². The number of carbonyl (C=O) groups is 1. The molecule has 0 bridgehead atoms. The SMILES string of the molecule is CC1=C(C(C)C)N2CCNCC2COC1=O. The van der Waals surface area contributed by atoms with E-state index < -0.39 is 0 Å². The molecule has 2 rings (SSSR count). The second-order valence-corrected chi connectivity index (χ2v) is 4.81. The summed E-state index contributed by atoms with van der Waals surface area (Å²) < 4.78 is 5.29. The number of hydrogen-bond acceptors (Lipinski definition) is 4. The highest BCUT2D eigenvalue weighted by atomic mass is 16.5. The lowest BCUT2D eigenvalue weighted by Gasteiger charge is -2.39. The minimum absolute atomic E-state index is 0.155. The van der Waals surface area contributed by atoms with Gasteiger partial charge in [-0.05, 0) is 12.8 Å². The van der Waals surface area contributed by atoms with Crippen molar-refractivity contribution in [3.05, 3.63) is 11.3 Å². The van der Waals surface area contributed by atoms with Gasteiger partial charge in [-0.2, -0.15) is 0 Å². The van der Waals surface area contributed by atoms with Crippen LogP contribution >= 0.6 is 0 Å². The van der Waals surface area contributed by atoms with Crippen molar-refractivity contribution in [1.82, 2.24) is 10.2 Å². The van der Waals surface area contributed by atoms with E-state index in [1.165, 1.54) is 0 Å². The summed E-state index contributed by atoms with van der Waals surface area (Å²) in [4.78, 5) is 14.1. The van der Waals surface area contributed by atoms with Crippen LogP contribution in [0.4, 0.5) is 0 Å². The highest BCUT2D eigenvalue weighted by molar-refractivity contribution is 5.89. The average molecular weight is 224 g/mol. The van der Waals surface area contributed by atoms with Crippen LogP contribution in [0, 0.1) is 5.92 Å². The molecule has 1 fully saturated rings. The fraction of sp³-hybridized carbons (Fsp3) is 0.750. The monoisotopic (exact) mass is 224 g/mol. The molecule has 4 nitrogen and oxygen atoms in total. The first-order chi connectivity index (χ1) is 7.61. The minimum atomic E-state index is -0.155. The van der Waals surface area contributed by atoms with E-state index in [4.69, 9.17) is 4.74 Å². The van der Waals surface area contributed by atoms with Gasteiger partial charge in [0.15, 0.2) is 0 Å². The first-order valence-corrected chi connectivity index (χ1v) is 5.96. The van der Waals surface area contributed by atoms with E-state index in [9.17, 15) is 4.79 Å². The molecule has 0 aromatic rings. The molecule has 1 N–H and O–H groups in total. The third kappa shape index (κ3) is 1.94. The van der Waals surface area contributed by atoms with E-state index in [2.05, 4.69) is 24.1 Å². The standard InChI is InChI=1S/C12H20N2O2/c1-8(2)11-9(3)12(15)16-7-10-6-13-4-5-14(10)11/h8,10,13H,4-7H2,1-3H3. The van der Waals surface area contributed by atoms with Crippen LogP contribution in [-0.2, 0) is 9.53 Å². The number of carbonyl (C=O) groups excluding carboxylic acids is 1. The number of allylic oxidation sites excluding steroid dienone is 1. The van der Waals surface area contributed by atoms with Crippen LogP contribution in [0.5, 0.6) is 0 Å². The summed E-state index contributed by atoms with van der Waals surface area (Å²) in [6, 6.07) is 0.299. The number of rotatable bonds is 1. The van der Waals surface area contributed by atoms with Crippen LogP contribution in [-0.4, -0.2) is 43.2 Å². The van der Waals surface area contributed by atoms with Gasteiger partial charge in [-0.3, -0.25) is 0 Å². The molecule has 1 unspecified atom stereocenters. The second-order valence-electron chi connectivity index (χ2n) is 4.81. The molecule has 4 heteroatoms. The van der Waals surface area contributed by atoms with Gasteiger partial charge in [0, 0.05) is 25.3 Å². The Hall–Kier alpha value is -1.03. The van der Waals surface area contributed by atoms with Crippen molar-refractivity contribution in [2.45, 2.75) is 26.8 Å². The molecule has 0 saturated carbocycles. The zero-order valence-electron chi connectivity index (χ0n) is 10.2. The Morgan fingerprint density at radius 2 is 2.25 bits per heavy atom. The van der Waals surface area contributed by atoms with E-state index in [0.717, 1.165) is 30.9 Å². The van der Waals surface area contributed by atoms with Crippen molar-refractivity contribution in [1.29, 1.82) is 0 Å². The van der Waals surface area contributed by atoms with E-state index in [1.807, 2.05) is 6.92 Å². The number of esters is 1. The molecule has 0 aliphatic carbocycles. The van der Waals surface area contributed by atoms with Crippen molar-refractivity contribution in [3.63, 3.8) is 0 Å². The van der Waals surface area contributed by atoms with Crippen molar-refractivity contribution in [3.8, 4) is 0 Å². The van der Waals surface area contributed by atoms with Crippen LogP contribution in [0.25, 0.3) is 0 Å². The van der Waals surface area contributed by atoms with Crippen LogP contribution in [0.2, 0.25) is 0 Å². The van der Waals surface area contributed by atoms with Gasteiger partial charge < -0.3 is 15.0 Å². The third-order valence-electron chi connectivity index (χ3n) is 3.30. The number of piperazine rings is 1. The summed E-state index contributed by atoms with van der Waals surface area (Å²) >= 11 is 0. The van der Waals surface area contributed by atoms with Crippen molar-refractivity contribution in [2.24, 2.45) is 5.92 Å². The molecule has 0 amide bonds. The number of fused-ring (bicyclic) bond motifs is 1. The maximum Gasteiger partial charge on any atom is 0.335 e. The summed E-state index contributed by atoms with van der Waals surface area (Å²) in [7, 11) is 0. The Labute approximate surface area is 96.6 Å². The van der Waals surface area contributed by atoms with E-state index in [1.54, 1.807) is 0 Å². The Kier molecular flexibility index (Phi) is 3.19. The molecule has 2 aliphatic rings. The molecular weight excluding hydrogens is 204 g/mol. The van der Waals surface area contributed by atoms with Crippen LogP contribution in [0.15, 0.2) is 11.3 Å². The van der Waals surface area contributed by atoms with E-state index in [0.29, 0.717) is 18.6 Å². The zero-order valence-corrected chi connectivity index (χ0v) is 10.2. The number of hydrogen-bond donors (Lipinski definition) is 1. The largest absolute Gasteiger partial charge is 0.460 e. The molecule has 2 aliphatic heterocycles. The lowest BCUT2D eigenvalue weighted by molar-refractivity contribution is -0.139. The third-order valence-corrected chi connectivity index (χ3v) is 3.30. The van der Waals surface area contributed by atoms with Gasteiger partial charge in [0.05, 0.1) is 11.6 Å². The van der Waals surface area contributed by atoms with E-state index >= 15 is 0 Å². The molecule has 0 spiro atoms. The molecule has 0 aromatic heterocycles. The molecular formula is C12H20N2O2. The molecule has 1 saturated heterocycles. The van der Waals surface area contributed by atoms with Crippen molar-refractivity contribution in [2.75, 3.05) is 26.2 Å². The predicted molar refractivity (Wildman–Crippen MR) is 61.9 cm³/mol. The molecule has 16 heavy (non-hydrogen) atoms. The Bertz CT molecular complexity index is 323. The quantitative estimate of drug-likeness (QED) is 0.667. The summed E-state index contributed by atoms with van der Waals surface area (Å²) in [5, 5.41) is 3.35. The fourth-order valence-electron chi connectivity index (χ4n) is 2.59. The normalized spacial score (nSPS) is 26.6. The van der Waals surface area contributed by atoms with Crippen molar-refractivity contribution >= 4 is 5.97 Å².